The molecular weight excluding hydrogens is 964 g/mol. The van der Waals surface area contributed by atoms with E-state index in [9.17, 15) is 29.1 Å². The summed E-state index contributed by atoms with van der Waals surface area (Å²) in [7, 11) is 4.43. The Bertz CT molecular complexity index is 2960. The molecule has 0 radical (unpaired) electrons. The third kappa shape index (κ3) is 9.74. The van der Waals surface area contributed by atoms with Crippen LogP contribution in [0, 0.1) is 5.92 Å². The minimum absolute atomic E-state index is 0.00915. The van der Waals surface area contributed by atoms with Gasteiger partial charge in [0.05, 0.1) is 16.0 Å². The summed E-state index contributed by atoms with van der Waals surface area (Å²) in [6.07, 6.45) is 6.72. The van der Waals surface area contributed by atoms with Crippen molar-refractivity contribution in [1.82, 2.24) is 14.6 Å². The van der Waals surface area contributed by atoms with Gasteiger partial charge in [-0.05, 0) is 110 Å². The number of aliphatic hydroxyl groups excluding tert-OH is 1. The summed E-state index contributed by atoms with van der Waals surface area (Å²) in [4.78, 5) is 69.2. The van der Waals surface area contributed by atoms with E-state index in [2.05, 4.69) is 58.0 Å². The van der Waals surface area contributed by atoms with Gasteiger partial charge in [-0.1, -0.05) is 66.0 Å². The van der Waals surface area contributed by atoms with Crippen LogP contribution in [0.25, 0.3) is 32.3 Å². The van der Waals surface area contributed by atoms with Crippen LogP contribution in [0.1, 0.15) is 89.4 Å². The fourth-order valence-corrected chi connectivity index (χ4v) is 13.6. The molecule has 15 nitrogen and oxygen atoms in total. The van der Waals surface area contributed by atoms with Gasteiger partial charge >= 0.3 is 5.97 Å². The average Bonchev–Trinajstić information content (AvgIpc) is 4.09. The first-order chi connectivity index (χ1) is 34.3. The predicted molar refractivity (Wildman–Crippen MR) is 282 cm³/mol. The fraction of sp³-hybridized carbons (Fsp3) is 0.396. The Morgan fingerprint density at radius 1 is 1.04 bits per heavy atom. The summed E-state index contributed by atoms with van der Waals surface area (Å²) in [6, 6.07) is 24.1. The second kappa shape index (κ2) is 21.8. The number of piperidine rings is 2. The van der Waals surface area contributed by atoms with E-state index in [0.717, 1.165) is 132 Å². The number of carbonyl (C=O) groups is 5. The highest BCUT2D eigenvalue weighted by atomic mass is 35.5. The van der Waals surface area contributed by atoms with Crippen LogP contribution >= 0.6 is 34.9 Å². The molecule has 4 aromatic carbocycles. The number of carbonyl (C=O) groups excluding carboxylic acids is 4. The van der Waals surface area contributed by atoms with E-state index >= 15 is 0 Å². The Balaban J connectivity index is 0.00000334. The van der Waals surface area contributed by atoms with E-state index in [0.29, 0.717) is 35.1 Å². The van der Waals surface area contributed by atoms with Crippen LogP contribution in [0.15, 0.2) is 77.2 Å². The molecule has 2 bridgehead atoms. The second-order valence-corrected chi connectivity index (χ2v) is 20.9. The third-order valence-corrected chi connectivity index (χ3v) is 17.9. The van der Waals surface area contributed by atoms with Crippen molar-refractivity contribution in [2.75, 3.05) is 62.6 Å². The lowest BCUT2D eigenvalue weighted by Gasteiger charge is -2.43. The largest absolute Gasteiger partial charge is 0.483 e. The average molecular weight is 1020 g/mol. The van der Waals surface area contributed by atoms with E-state index < -0.39 is 12.0 Å². The number of halogens is 1. The first-order valence-corrected chi connectivity index (χ1v) is 25.8. The summed E-state index contributed by atoms with van der Waals surface area (Å²) in [5.41, 5.74) is 6.49. The van der Waals surface area contributed by atoms with Gasteiger partial charge in [0, 0.05) is 75.3 Å². The van der Waals surface area contributed by atoms with Crippen molar-refractivity contribution in [1.29, 1.82) is 0 Å². The van der Waals surface area contributed by atoms with Gasteiger partial charge in [-0.2, -0.15) is 4.98 Å². The first-order valence-electron chi connectivity index (χ1n) is 23.7. The maximum atomic E-state index is 12.9. The number of nitrogens with one attached hydrogen (secondary N) is 2. The summed E-state index contributed by atoms with van der Waals surface area (Å²) in [5.74, 6) is 0.0627. The predicted octanol–water partition coefficient (Wildman–Crippen LogP) is 9.48. The number of hydrogen-bond donors (Lipinski definition) is 4. The van der Waals surface area contributed by atoms with Crippen LogP contribution in [0.4, 0.5) is 17.4 Å². The number of aldehydes is 3. The molecule has 1 amide bonds. The molecule has 2 saturated heterocycles. The van der Waals surface area contributed by atoms with Gasteiger partial charge in [0.15, 0.2) is 28.8 Å². The molecule has 9 rings (SSSR count). The molecule has 374 valence electrons. The number of aromatic nitrogens is 1. The zero-order valence-corrected chi connectivity index (χ0v) is 42.8. The highest BCUT2D eigenvalue weighted by Crippen LogP contribution is 2.57. The third-order valence-electron chi connectivity index (χ3n) is 14.9. The number of hydrogen-bond acceptors (Lipinski definition) is 15. The van der Waals surface area contributed by atoms with Gasteiger partial charge in [-0.3, -0.25) is 14.4 Å². The van der Waals surface area contributed by atoms with Gasteiger partial charge in [0.25, 0.3) is 6.01 Å². The van der Waals surface area contributed by atoms with Crippen LogP contribution in [-0.4, -0.2) is 115 Å². The van der Waals surface area contributed by atoms with Crippen LogP contribution in [-0.2, 0) is 20.1 Å². The van der Waals surface area contributed by atoms with Gasteiger partial charge in [0.1, 0.15) is 29.5 Å². The number of rotatable bonds is 19. The number of carboxylic acid groups (broad SMARTS) is 1. The number of oxazole rings is 1. The maximum absolute atomic E-state index is 12.9. The van der Waals surface area contributed by atoms with Crippen molar-refractivity contribution < 1.29 is 43.3 Å². The van der Waals surface area contributed by atoms with Gasteiger partial charge < -0.3 is 44.6 Å². The molecule has 2 aliphatic heterocycles. The molecule has 4 unspecified atom stereocenters. The maximum Gasteiger partial charge on any atom is 0.349 e. The molecule has 1 saturated carbocycles. The van der Waals surface area contributed by atoms with E-state index in [-0.39, 0.29) is 51.6 Å². The Labute approximate surface area is 426 Å². The molecule has 4 atom stereocenters. The van der Waals surface area contributed by atoms with E-state index in [1.807, 2.05) is 72.4 Å². The zero-order chi connectivity index (χ0) is 50.6. The van der Waals surface area contributed by atoms with Crippen LogP contribution < -0.4 is 25.2 Å². The summed E-state index contributed by atoms with van der Waals surface area (Å²) >= 11 is 9.54. The molecule has 6 aromatic rings. The quantitative estimate of drug-likeness (QED) is 0.0442. The number of fused-ring (bicyclic) bond motifs is 4. The number of benzene rings is 4. The molecule has 4 N–H and O–H groups in total. The van der Waals surface area contributed by atoms with Crippen LogP contribution in [0.2, 0.25) is 5.02 Å². The number of anilines is 3. The molecule has 4 heterocycles. The van der Waals surface area contributed by atoms with E-state index in [4.69, 9.17) is 30.8 Å². The fourth-order valence-electron chi connectivity index (χ4n) is 10.9. The second-order valence-electron chi connectivity index (χ2n) is 18.5. The zero-order valence-electron chi connectivity index (χ0n) is 40.4. The van der Waals surface area contributed by atoms with Gasteiger partial charge in [-0.25, -0.2) is 9.10 Å². The molecule has 3 aliphatic rings. The number of aliphatic hydroxyl groups is 1. The highest BCUT2D eigenvalue weighted by molar-refractivity contribution is 7.96. The van der Waals surface area contributed by atoms with Gasteiger partial charge in [0.2, 0.25) is 5.91 Å². The number of aromatic carboxylic acids is 1. The molecule has 1 aliphatic carbocycles. The van der Waals surface area contributed by atoms with Crippen molar-refractivity contribution in [3.63, 3.8) is 0 Å². The van der Waals surface area contributed by atoms with Gasteiger partial charge in [-0.15, -0.1) is 11.3 Å². The number of nitrogens with zero attached hydrogens (tertiary/aromatic N) is 4. The molecule has 71 heavy (non-hydrogen) atoms. The minimum Gasteiger partial charge on any atom is -0.483 e. The van der Waals surface area contributed by atoms with Crippen LogP contribution in [0.5, 0.6) is 5.75 Å². The number of likely N-dealkylation sites (N-methyl/N-ethyl adjacent to an activating group) is 2. The Morgan fingerprint density at radius 3 is 2.54 bits per heavy atom. The summed E-state index contributed by atoms with van der Waals surface area (Å²) in [6.45, 7) is 6.79. The van der Waals surface area contributed by atoms with Crippen molar-refractivity contribution in [2.45, 2.75) is 81.2 Å². The van der Waals surface area contributed by atoms with E-state index in [1.165, 1.54) is 0 Å². The molecule has 2 aromatic heterocycles. The lowest BCUT2D eigenvalue weighted by molar-refractivity contribution is -0.122. The van der Waals surface area contributed by atoms with Crippen molar-refractivity contribution in [3.05, 3.63) is 99.4 Å². The normalized spacial score (nSPS) is 20.3. The van der Waals surface area contributed by atoms with Crippen molar-refractivity contribution in [3.8, 4) is 16.2 Å². The molecular formula is C53H59ClN6O9S2. The molecule has 18 heteroatoms. The standard InChI is InChI=1S/C52H55ClN6O8S2.CH4O/c1-51-20-17-35(52(51,2)56-36-10-5-8-33(27-36)46-44(53)45(66-25-24-61)47(69-46)49(64)65)28-59(51)68-30-31-13-16-42-39(26-31)55-50(67-42)58-21-18-32(19-22-58)37-14-15-40(43-34(29-62)9-6-11-38(37)43)57(4)41(12-7-23-60)48(63)54-3;1-2/h5-6,8-11,13-16,23-24,26-27,29,32,35,41,56H,7,12,17-22,25,28,30H2,1-4H3,(H,54,63)(H,64,65);2H,1H3. The lowest BCUT2D eigenvalue weighted by Crippen LogP contribution is -2.54. The highest BCUT2D eigenvalue weighted by Gasteiger charge is 2.63. The summed E-state index contributed by atoms with van der Waals surface area (Å²) < 4.78 is 14.3. The molecule has 0 spiro atoms. The summed E-state index contributed by atoms with van der Waals surface area (Å²) in [5, 5.41) is 25.4. The number of carboxylic acids is 1. The number of ether oxygens (including phenoxy) is 1. The number of amides is 1. The molecule has 3 fully saturated rings. The van der Waals surface area contributed by atoms with E-state index in [1.54, 1.807) is 7.05 Å². The topological polar surface area (TPSA) is 195 Å². The Kier molecular flexibility index (Phi) is 15.8. The van der Waals surface area contributed by atoms with Crippen molar-refractivity contribution >= 4 is 105 Å². The minimum atomic E-state index is -1.16. The SMILES string of the molecule is CNC(=O)C(CCC=O)N(C)c1ccc(C2CCN(c3nc4cc(CSN5CC6CCC5(C)C6(C)Nc5cccc(-c6sc(C(=O)O)c(OCC=O)c6Cl)c5)ccc4o3)CC2)c2cccc(C=O)c12.CO. The smallest absolute Gasteiger partial charge is 0.349 e. The Morgan fingerprint density at radius 2 is 1.82 bits per heavy atom. The first kappa shape index (κ1) is 51.4. The van der Waals surface area contributed by atoms with Crippen LogP contribution in [0.3, 0.4) is 0 Å². The lowest BCUT2D eigenvalue weighted by atomic mass is 9.81. The Hall–Kier alpha value is -5.98. The van der Waals surface area contributed by atoms with Crippen molar-refractivity contribution in [2.24, 2.45) is 5.92 Å². The monoisotopic (exact) mass is 1020 g/mol. The number of thiophene rings is 1.